The standard InChI is InChI=1S/C20H18N4O3/c1-3-27-19(26)20(2)22-15-12-8-7-11-14(15)17-21-18(25)16(23-24(17)20)13-9-5-4-6-10-13/h4-12,22H,3H2,1-2H3/t20-/m0/s1. The Hall–Kier alpha value is -3.48. The minimum absolute atomic E-state index is 0.177. The van der Waals surface area contributed by atoms with E-state index in [0.717, 1.165) is 0 Å². The first-order valence-corrected chi connectivity index (χ1v) is 8.66. The molecule has 2 aromatic carbocycles. The van der Waals surface area contributed by atoms with E-state index in [0.29, 0.717) is 22.6 Å². The molecule has 0 fully saturated rings. The Morgan fingerprint density at radius 2 is 1.85 bits per heavy atom. The van der Waals surface area contributed by atoms with Crippen molar-refractivity contribution in [1.29, 1.82) is 0 Å². The van der Waals surface area contributed by atoms with Crippen molar-refractivity contribution in [2.75, 3.05) is 11.9 Å². The lowest BCUT2D eigenvalue weighted by atomic mass is 10.0. The van der Waals surface area contributed by atoms with Gasteiger partial charge in [0.15, 0.2) is 11.5 Å². The lowest BCUT2D eigenvalue weighted by Gasteiger charge is -2.36. The molecule has 3 aromatic rings. The highest BCUT2D eigenvalue weighted by Gasteiger charge is 2.44. The monoisotopic (exact) mass is 362 g/mol. The zero-order chi connectivity index (χ0) is 19.0. The van der Waals surface area contributed by atoms with Crippen molar-refractivity contribution in [2.45, 2.75) is 19.5 Å². The van der Waals surface area contributed by atoms with Gasteiger partial charge in [-0.05, 0) is 26.0 Å². The molecule has 2 heterocycles. The fourth-order valence-corrected chi connectivity index (χ4v) is 3.16. The second-order valence-corrected chi connectivity index (χ2v) is 6.33. The molecular weight excluding hydrogens is 344 g/mol. The molecule has 0 saturated heterocycles. The number of hydrogen-bond donors (Lipinski definition) is 1. The molecule has 0 saturated carbocycles. The number of para-hydroxylation sites is 1. The highest BCUT2D eigenvalue weighted by Crippen LogP contribution is 2.37. The number of ether oxygens (including phenoxy) is 1. The maximum Gasteiger partial charge on any atom is 0.354 e. The number of rotatable bonds is 3. The second kappa shape index (κ2) is 6.35. The first-order chi connectivity index (χ1) is 13.0. The molecule has 7 heteroatoms. The summed E-state index contributed by atoms with van der Waals surface area (Å²) in [6, 6.07) is 16.4. The second-order valence-electron chi connectivity index (χ2n) is 6.33. The topological polar surface area (TPSA) is 86.1 Å². The Bertz CT molecular complexity index is 1080. The molecule has 0 aliphatic carbocycles. The number of esters is 1. The van der Waals surface area contributed by atoms with Gasteiger partial charge in [-0.3, -0.25) is 4.79 Å². The number of carbonyl (C=O) groups excluding carboxylic acids is 1. The summed E-state index contributed by atoms with van der Waals surface area (Å²) in [6.07, 6.45) is 0. The number of benzene rings is 2. The largest absolute Gasteiger partial charge is 0.463 e. The van der Waals surface area contributed by atoms with E-state index in [9.17, 15) is 9.59 Å². The predicted molar refractivity (Wildman–Crippen MR) is 101 cm³/mol. The molecule has 0 amide bonds. The van der Waals surface area contributed by atoms with Gasteiger partial charge >= 0.3 is 5.97 Å². The van der Waals surface area contributed by atoms with Gasteiger partial charge in [0.05, 0.1) is 6.61 Å². The summed E-state index contributed by atoms with van der Waals surface area (Å²) in [5, 5.41) is 7.71. The smallest absolute Gasteiger partial charge is 0.354 e. The Morgan fingerprint density at radius 1 is 1.15 bits per heavy atom. The molecule has 0 bridgehead atoms. The van der Waals surface area contributed by atoms with Gasteiger partial charge in [0.2, 0.25) is 5.66 Å². The summed E-state index contributed by atoms with van der Waals surface area (Å²) in [7, 11) is 0. The molecular formula is C20H18N4O3. The molecule has 4 rings (SSSR count). The van der Waals surface area contributed by atoms with Crippen LogP contribution in [-0.2, 0) is 15.2 Å². The summed E-state index contributed by atoms with van der Waals surface area (Å²) in [5.74, 6) is -0.178. The molecule has 1 atom stereocenters. The Morgan fingerprint density at radius 3 is 2.59 bits per heavy atom. The number of nitrogens with one attached hydrogen (secondary N) is 1. The van der Waals surface area contributed by atoms with Crippen LogP contribution in [0.1, 0.15) is 13.8 Å². The lowest BCUT2D eigenvalue weighted by Crippen LogP contribution is -2.51. The average molecular weight is 362 g/mol. The first kappa shape index (κ1) is 17.0. The molecule has 7 nitrogen and oxygen atoms in total. The predicted octanol–water partition coefficient (Wildman–Crippen LogP) is 2.63. The van der Waals surface area contributed by atoms with Gasteiger partial charge in [-0.2, -0.15) is 10.1 Å². The molecule has 0 radical (unpaired) electrons. The highest BCUT2D eigenvalue weighted by molar-refractivity contribution is 5.88. The summed E-state index contributed by atoms with van der Waals surface area (Å²) in [6.45, 7) is 3.63. The first-order valence-electron chi connectivity index (χ1n) is 8.66. The number of nitrogens with zero attached hydrogens (tertiary/aromatic N) is 3. The molecule has 1 aliphatic rings. The van der Waals surface area contributed by atoms with Crippen molar-refractivity contribution in [2.24, 2.45) is 0 Å². The SMILES string of the molecule is CCOC(=O)[C@@]1(C)Nc2ccccc2-c2nc(=O)c(-c3ccccc3)nn21. The van der Waals surface area contributed by atoms with E-state index in [4.69, 9.17) is 4.74 Å². The molecule has 136 valence electrons. The van der Waals surface area contributed by atoms with Gasteiger partial charge in [-0.1, -0.05) is 42.5 Å². The summed E-state index contributed by atoms with van der Waals surface area (Å²) >= 11 is 0. The fourth-order valence-electron chi connectivity index (χ4n) is 3.16. The van der Waals surface area contributed by atoms with Gasteiger partial charge < -0.3 is 10.1 Å². The fraction of sp³-hybridized carbons (Fsp3) is 0.200. The van der Waals surface area contributed by atoms with Crippen LogP contribution < -0.4 is 10.9 Å². The van der Waals surface area contributed by atoms with Crippen LogP contribution in [0.4, 0.5) is 5.69 Å². The lowest BCUT2D eigenvalue weighted by molar-refractivity contribution is -0.152. The molecule has 1 aromatic heterocycles. The normalized spacial score (nSPS) is 17.4. The number of fused-ring (bicyclic) bond motifs is 3. The van der Waals surface area contributed by atoms with Crippen LogP contribution in [-0.4, -0.2) is 27.3 Å². The number of aromatic nitrogens is 3. The molecule has 1 aliphatic heterocycles. The van der Waals surface area contributed by atoms with Gasteiger partial charge in [0.25, 0.3) is 5.56 Å². The van der Waals surface area contributed by atoms with Crippen molar-refractivity contribution in [3.8, 4) is 22.6 Å². The summed E-state index contributed by atoms with van der Waals surface area (Å²) in [5.41, 5.74) is 0.420. The van der Waals surface area contributed by atoms with E-state index in [1.807, 2.05) is 42.5 Å². The van der Waals surface area contributed by atoms with Crippen LogP contribution in [0, 0.1) is 0 Å². The van der Waals surface area contributed by atoms with Crippen LogP contribution in [0.2, 0.25) is 0 Å². The average Bonchev–Trinajstić information content (AvgIpc) is 2.68. The van der Waals surface area contributed by atoms with Gasteiger partial charge in [0, 0.05) is 16.8 Å². The van der Waals surface area contributed by atoms with Crippen molar-refractivity contribution >= 4 is 11.7 Å². The maximum atomic E-state index is 12.8. The van der Waals surface area contributed by atoms with Crippen molar-refractivity contribution in [3.05, 3.63) is 65.0 Å². The Kier molecular flexibility index (Phi) is 3.99. The third-order valence-electron chi connectivity index (χ3n) is 4.50. The van der Waals surface area contributed by atoms with Gasteiger partial charge in [0.1, 0.15) is 0 Å². The van der Waals surface area contributed by atoms with Crippen LogP contribution in [0.15, 0.2) is 59.4 Å². The van der Waals surface area contributed by atoms with Crippen LogP contribution in [0.25, 0.3) is 22.6 Å². The van der Waals surface area contributed by atoms with Crippen LogP contribution >= 0.6 is 0 Å². The van der Waals surface area contributed by atoms with E-state index in [-0.39, 0.29) is 12.3 Å². The molecule has 27 heavy (non-hydrogen) atoms. The van der Waals surface area contributed by atoms with Crippen molar-refractivity contribution in [1.82, 2.24) is 14.8 Å². The zero-order valence-electron chi connectivity index (χ0n) is 15.0. The highest BCUT2D eigenvalue weighted by atomic mass is 16.5. The minimum atomic E-state index is -1.33. The summed E-state index contributed by atoms with van der Waals surface area (Å²) < 4.78 is 6.71. The van der Waals surface area contributed by atoms with Gasteiger partial charge in [-0.15, -0.1) is 0 Å². The zero-order valence-corrected chi connectivity index (χ0v) is 15.0. The Labute approximate surface area is 155 Å². The van der Waals surface area contributed by atoms with Crippen molar-refractivity contribution < 1.29 is 9.53 Å². The molecule has 0 unspecified atom stereocenters. The van der Waals surface area contributed by atoms with E-state index in [1.54, 1.807) is 26.0 Å². The van der Waals surface area contributed by atoms with E-state index in [2.05, 4.69) is 15.4 Å². The van der Waals surface area contributed by atoms with E-state index in [1.165, 1.54) is 4.68 Å². The number of hydrogen-bond acceptors (Lipinski definition) is 6. The minimum Gasteiger partial charge on any atom is -0.463 e. The van der Waals surface area contributed by atoms with E-state index < -0.39 is 17.2 Å². The quantitative estimate of drug-likeness (QED) is 0.721. The maximum absolute atomic E-state index is 12.8. The number of anilines is 1. The van der Waals surface area contributed by atoms with Crippen molar-refractivity contribution in [3.63, 3.8) is 0 Å². The summed E-state index contributed by atoms with van der Waals surface area (Å²) in [4.78, 5) is 29.7. The third-order valence-corrected chi connectivity index (χ3v) is 4.50. The Balaban J connectivity index is 2.00. The number of carbonyl (C=O) groups is 1. The van der Waals surface area contributed by atoms with Crippen LogP contribution in [0.3, 0.4) is 0 Å². The molecule has 1 N–H and O–H groups in total. The van der Waals surface area contributed by atoms with Gasteiger partial charge in [-0.25, -0.2) is 9.48 Å². The third kappa shape index (κ3) is 2.68. The van der Waals surface area contributed by atoms with Crippen LogP contribution in [0.5, 0.6) is 0 Å². The van der Waals surface area contributed by atoms with E-state index >= 15 is 0 Å². The molecule has 0 spiro atoms.